The summed E-state index contributed by atoms with van der Waals surface area (Å²) in [5, 5.41) is 0. The molecule has 126 valence electrons. The number of allylic oxidation sites excluding steroid dienone is 1. The third kappa shape index (κ3) is 3.53. The van der Waals surface area contributed by atoms with E-state index in [0.717, 1.165) is 13.2 Å². The number of nitrogens with two attached hydrogens (primary N) is 1. The van der Waals surface area contributed by atoms with Gasteiger partial charge in [0, 0.05) is 30.3 Å². The molecule has 2 heterocycles. The second-order valence-corrected chi connectivity index (χ2v) is 7.47. The maximum atomic E-state index is 5.78. The molecular formula is C20H26N4. The topological polar surface area (TPSA) is 45.4 Å². The van der Waals surface area contributed by atoms with Crippen LogP contribution in [-0.4, -0.2) is 16.6 Å². The highest BCUT2D eigenvalue weighted by atomic mass is 15.4. The van der Waals surface area contributed by atoms with Crippen molar-refractivity contribution >= 4 is 11.5 Å². The predicted molar refractivity (Wildman–Crippen MR) is 100 cm³/mol. The third-order valence-corrected chi connectivity index (χ3v) is 4.45. The largest absolute Gasteiger partial charge is 0.384 e. The molecule has 0 atom stereocenters. The molecule has 24 heavy (non-hydrogen) atoms. The quantitative estimate of drug-likeness (QED) is 0.924. The Morgan fingerprint density at radius 2 is 1.83 bits per heavy atom. The lowest BCUT2D eigenvalue weighted by Gasteiger charge is -2.24. The first-order chi connectivity index (χ1) is 11.3. The van der Waals surface area contributed by atoms with E-state index in [4.69, 9.17) is 5.73 Å². The summed E-state index contributed by atoms with van der Waals surface area (Å²) in [6.07, 6.45) is 3.97. The van der Waals surface area contributed by atoms with E-state index in [1.54, 1.807) is 6.20 Å². The molecule has 2 N–H and O–H groups in total. The summed E-state index contributed by atoms with van der Waals surface area (Å²) in [4.78, 5) is 8.68. The van der Waals surface area contributed by atoms with Crippen LogP contribution in [0.4, 0.5) is 11.5 Å². The highest BCUT2D eigenvalue weighted by molar-refractivity contribution is 5.52. The van der Waals surface area contributed by atoms with Crippen LogP contribution in [0.15, 0.2) is 54.5 Å². The van der Waals surface area contributed by atoms with Gasteiger partial charge in [0.25, 0.3) is 0 Å². The van der Waals surface area contributed by atoms with Crippen molar-refractivity contribution < 1.29 is 0 Å². The Kier molecular flexibility index (Phi) is 4.22. The van der Waals surface area contributed by atoms with E-state index in [-0.39, 0.29) is 5.41 Å². The average molecular weight is 322 g/mol. The number of anilines is 2. The van der Waals surface area contributed by atoms with Gasteiger partial charge in [0.15, 0.2) is 0 Å². The summed E-state index contributed by atoms with van der Waals surface area (Å²) in [6, 6.07) is 12.8. The standard InChI is InChI=1S/C20H26N4/c1-15-12-24(18-7-5-17(6-8-18)20(2,3)4)14-23(15)13-16-9-10-22-19(21)11-16/h5-12H,13-14H2,1-4H3,(H2,21,22). The van der Waals surface area contributed by atoms with Gasteiger partial charge in [-0.3, -0.25) is 0 Å². The summed E-state index contributed by atoms with van der Waals surface area (Å²) in [6.45, 7) is 10.6. The molecule has 3 rings (SSSR count). The molecular weight excluding hydrogens is 296 g/mol. The lowest BCUT2D eigenvalue weighted by molar-refractivity contribution is 0.370. The molecule has 0 radical (unpaired) electrons. The smallest absolute Gasteiger partial charge is 0.123 e. The van der Waals surface area contributed by atoms with Crippen LogP contribution in [0.25, 0.3) is 0 Å². The summed E-state index contributed by atoms with van der Waals surface area (Å²) in [7, 11) is 0. The summed E-state index contributed by atoms with van der Waals surface area (Å²) < 4.78 is 0. The first-order valence-corrected chi connectivity index (χ1v) is 8.34. The van der Waals surface area contributed by atoms with Gasteiger partial charge in [0.1, 0.15) is 5.82 Å². The van der Waals surface area contributed by atoms with E-state index < -0.39 is 0 Å². The van der Waals surface area contributed by atoms with Crippen LogP contribution < -0.4 is 10.6 Å². The number of nitrogens with zero attached hydrogens (tertiary/aromatic N) is 3. The van der Waals surface area contributed by atoms with Crippen molar-refractivity contribution in [3.8, 4) is 0 Å². The molecule has 0 fully saturated rings. The minimum atomic E-state index is 0.183. The van der Waals surface area contributed by atoms with Gasteiger partial charge in [-0.15, -0.1) is 0 Å². The van der Waals surface area contributed by atoms with Crippen molar-refractivity contribution in [3.63, 3.8) is 0 Å². The van der Waals surface area contributed by atoms with Gasteiger partial charge in [-0.2, -0.15) is 0 Å². The summed E-state index contributed by atoms with van der Waals surface area (Å²) >= 11 is 0. The molecule has 0 spiro atoms. The van der Waals surface area contributed by atoms with Gasteiger partial charge in [-0.05, 0) is 47.7 Å². The monoisotopic (exact) mass is 322 g/mol. The maximum absolute atomic E-state index is 5.78. The minimum Gasteiger partial charge on any atom is -0.384 e. The van der Waals surface area contributed by atoms with Crippen molar-refractivity contribution in [2.75, 3.05) is 17.3 Å². The van der Waals surface area contributed by atoms with E-state index in [2.05, 4.69) is 72.9 Å². The molecule has 4 heteroatoms. The summed E-state index contributed by atoms with van der Waals surface area (Å²) in [5.74, 6) is 0.572. The van der Waals surface area contributed by atoms with Crippen molar-refractivity contribution in [3.05, 3.63) is 65.6 Å². The van der Waals surface area contributed by atoms with E-state index in [1.807, 2.05) is 12.1 Å². The molecule has 4 nitrogen and oxygen atoms in total. The second kappa shape index (κ2) is 6.19. The highest BCUT2D eigenvalue weighted by Crippen LogP contribution is 2.28. The zero-order chi connectivity index (χ0) is 17.3. The Balaban J connectivity index is 1.71. The number of hydrogen-bond acceptors (Lipinski definition) is 4. The number of aromatic nitrogens is 1. The lowest BCUT2D eigenvalue weighted by atomic mass is 9.87. The molecule has 0 saturated heterocycles. The lowest BCUT2D eigenvalue weighted by Crippen LogP contribution is -2.26. The fourth-order valence-electron chi connectivity index (χ4n) is 2.94. The van der Waals surface area contributed by atoms with E-state index in [9.17, 15) is 0 Å². The van der Waals surface area contributed by atoms with Crippen LogP contribution in [0.2, 0.25) is 0 Å². The molecule has 1 aliphatic rings. The third-order valence-electron chi connectivity index (χ3n) is 4.45. The van der Waals surface area contributed by atoms with Crippen molar-refractivity contribution in [2.45, 2.75) is 39.7 Å². The van der Waals surface area contributed by atoms with Gasteiger partial charge < -0.3 is 15.5 Å². The summed E-state index contributed by atoms with van der Waals surface area (Å²) in [5.41, 5.74) is 11.0. The number of rotatable bonds is 3. The van der Waals surface area contributed by atoms with Crippen LogP contribution in [0.1, 0.15) is 38.8 Å². The van der Waals surface area contributed by atoms with Crippen molar-refractivity contribution in [1.82, 2.24) is 9.88 Å². The maximum Gasteiger partial charge on any atom is 0.123 e. The van der Waals surface area contributed by atoms with Crippen LogP contribution in [-0.2, 0) is 12.0 Å². The molecule has 0 unspecified atom stereocenters. The number of hydrogen-bond donors (Lipinski definition) is 1. The SMILES string of the molecule is CC1=CN(c2ccc(C(C)(C)C)cc2)CN1Cc1ccnc(N)c1. The van der Waals surface area contributed by atoms with Crippen LogP contribution in [0.3, 0.4) is 0 Å². The molecule has 0 aliphatic carbocycles. The van der Waals surface area contributed by atoms with Crippen LogP contribution >= 0.6 is 0 Å². The van der Waals surface area contributed by atoms with Gasteiger partial charge in [-0.25, -0.2) is 4.98 Å². The molecule has 1 aliphatic heterocycles. The van der Waals surface area contributed by atoms with Gasteiger partial charge in [0.2, 0.25) is 0 Å². The average Bonchev–Trinajstić information content (AvgIpc) is 2.88. The first-order valence-electron chi connectivity index (χ1n) is 8.34. The van der Waals surface area contributed by atoms with Gasteiger partial charge in [0.05, 0.1) is 6.67 Å². The zero-order valence-electron chi connectivity index (χ0n) is 15.0. The Hall–Kier alpha value is -2.49. The van der Waals surface area contributed by atoms with Crippen molar-refractivity contribution in [2.24, 2.45) is 0 Å². The fraction of sp³-hybridized carbons (Fsp3) is 0.350. The fourth-order valence-corrected chi connectivity index (χ4v) is 2.94. The Morgan fingerprint density at radius 1 is 1.12 bits per heavy atom. The molecule has 0 amide bonds. The Morgan fingerprint density at radius 3 is 2.46 bits per heavy atom. The van der Waals surface area contributed by atoms with E-state index in [0.29, 0.717) is 5.82 Å². The van der Waals surface area contributed by atoms with E-state index in [1.165, 1.54) is 22.5 Å². The predicted octanol–water partition coefficient (Wildman–Crippen LogP) is 4.10. The Labute approximate surface area is 144 Å². The zero-order valence-corrected chi connectivity index (χ0v) is 15.0. The van der Waals surface area contributed by atoms with E-state index >= 15 is 0 Å². The molecule has 1 aromatic heterocycles. The van der Waals surface area contributed by atoms with Gasteiger partial charge in [-0.1, -0.05) is 32.9 Å². The Bertz CT molecular complexity index is 741. The minimum absolute atomic E-state index is 0.183. The molecule has 1 aromatic carbocycles. The number of pyridine rings is 1. The molecule has 0 bridgehead atoms. The van der Waals surface area contributed by atoms with Gasteiger partial charge >= 0.3 is 0 Å². The molecule has 0 saturated carbocycles. The number of benzene rings is 1. The van der Waals surface area contributed by atoms with Crippen LogP contribution in [0, 0.1) is 0 Å². The van der Waals surface area contributed by atoms with Crippen molar-refractivity contribution in [1.29, 1.82) is 0 Å². The second-order valence-electron chi connectivity index (χ2n) is 7.47. The normalized spacial score (nSPS) is 14.9. The first kappa shape index (κ1) is 16.4. The highest BCUT2D eigenvalue weighted by Gasteiger charge is 2.20. The van der Waals surface area contributed by atoms with Crippen LogP contribution in [0.5, 0.6) is 0 Å². The molecule has 2 aromatic rings. The number of nitrogen functional groups attached to an aromatic ring is 1.